The lowest BCUT2D eigenvalue weighted by atomic mass is 10.1. The lowest BCUT2D eigenvalue weighted by molar-refractivity contribution is -0.150. The van der Waals surface area contributed by atoms with Gasteiger partial charge in [-0.05, 0) is 45.2 Å². The molecule has 9 nitrogen and oxygen atoms in total. The summed E-state index contributed by atoms with van der Waals surface area (Å²) >= 11 is 0. The molecule has 0 heterocycles. The summed E-state index contributed by atoms with van der Waals surface area (Å²) in [6.45, 7) is 6.84. The highest BCUT2D eigenvalue weighted by molar-refractivity contribution is 5.89. The first-order valence-corrected chi connectivity index (χ1v) is 12.2. The van der Waals surface area contributed by atoms with E-state index in [0.29, 0.717) is 0 Å². The zero-order valence-electron chi connectivity index (χ0n) is 21.9. The quantitative estimate of drug-likeness (QED) is 0.338. The first kappa shape index (κ1) is 29.4. The fourth-order valence-electron chi connectivity index (χ4n) is 3.38. The summed E-state index contributed by atoms with van der Waals surface area (Å²) in [5.41, 5.74) is 0.832. The number of alkyl carbamates (subject to hydrolysis) is 1. The molecule has 0 saturated carbocycles. The fraction of sp³-hybridized carbons (Fsp3) is 0.429. The molecule has 2 amide bonds. The molecule has 0 aliphatic rings. The Morgan fingerprint density at radius 2 is 1.46 bits per heavy atom. The minimum atomic E-state index is -1.13. The van der Waals surface area contributed by atoms with Crippen LogP contribution in [0.15, 0.2) is 60.7 Å². The number of hydrogen-bond acceptors (Lipinski definition) is 7. The Hall–Kier alpha value is -3.88. The van der Waals surface area contributed by atoms with E-state index in [1.54, 1.807) is 27.7 Å². The Labute approximate surface area is 218 Å². The van der Waals surface area contributed by atoms with Crippen LogP contribution in [0.3, 0.4) is 0 Å². The highest BCUT2D eigenvalue weighted by atomic mass is 16.6. The van der Waals surface area contributed by atoms with E-state index in [1.807, 2.05) is 60.7 Å². The molecule has 200 valence electrons. The second-order valence-corrected chi connectivity index (χ2v) is 9.37. The summed E-state index contributed by atoms with van der Waals surface area (Å²) in [5.74, 6) is -1.64. The van der Waals surface area contributed by atoms with Gasteiger partial charge in [-0.1, -0.05) is 60.7 Å². The Bertz CT molecular complexity index is 1020. The van der Waals surface area contributed by atoms with E-state index in [2.05, 4.69) is 5.32 Å². The largest absolute Gasteiger partial charge is 0.465 e. The number of hydrogen-bond donors (Lipinski definition) is 1. The standard InChI is InChI=1S/C28H36N2O7/c1-5-35-25(32)19-30(18-21-12-8-6-9-13-21)26(33)23(29-27(34)37-28(2,3)4)16-17-24(31)36-20-22-14-10-7-11-15-22/h6-15,23H,5,16-20H2,1-4H3,(H,29,34)/t23-/m0/s1. The summed E-state index contributed by atoms with van der Waals surface area (Å²) in [4.78, 5) is 52.1. The second kappa shape index (κ2) is 14.6. The van der Waals surface area contributed by atoms with E-state index >= 15 is 0 Å². The van der Waals surface area contributed by atoms with Gasteiger partial charge in [0.25, 0.3) is 0 Å². The predicted octanol–water partition coefficient (Wildman–Crippen LogP) is 4.00. The van der Waals surface area contributed by atoms with Crippen molar-refractivity contribution in [1.29, 1.82) is 0 Å². The van der Waals surface area contributed by atoms with Crippen molar-refractivity contribution in [2.75, 3.05) is 13.2 Å². The smallest absolute Gasteiger partial charge is 0.408 e. The van der Waals surface area contributed by atoms with E-state index in [1.165, 1.54) is 4.90 Å². The van der Waals surface area contributed by atoms with Gasteiger partial charge in [-0.25, -0.2) is 4.79 Å². The van der Waals surface area contributed by atoms with Crippen molar-refractivity contribution in [1.82, 2.24) is 10.2 Å². The summed E-state index contributed by atoms with van der Waals surface area (Å²) in [5, 5.41) is 2.56. The van der Waals surface area contributed by atoms with E-state index in [-0.39, 0.29) is 39.1 Å². The molecule has 0 fully saturated rings. The van der Waals surface area contributed by atoms with Gasteiger partial charge in [0, 0.05) is 13.0 Å². The van der Waals surface area contributed by atoms with Gasteiger partial charge in [0.15, 0.2) is 0 Å². The van der Waals surface area contributed by atoms with Crippen molar-refractivity contribution in [3.05, 3.63) is 71.8 Å². The van der Waals surface area contributed by atoms with Gasteiger partial charge in [-0.3, -0.25) is 14.4 Å². The molecule has 37 heavy (non-hydrogen) atoms. The van der Waals surface area contributed by atoms with Crippen molar-refractivity contribution >= 4 is 23.9 Å². The monoisotopic (exact) mass is 512 g/mol. The van der Waals surface area contributed by atoms with Gasteiger partial charge < -0.3 is 24.4 Å². The predicted molar refractivity (Wildman–Crippen MR) is 137 cm³/mol. The first-order chi connectivity index (χ1) is 17.6. The highest BCUT2D eigenvalue weighted by Gasteiger charge is 2.30. The van der Waals surface area contributed by atoms with Crippen LogP contribution in [0.25, 0.3) is 0 Å². The Morgan fingerprint density at radius 1 is 0.865 bits per heavy atom. The summed E-state index contributed by atoms with van der Waals surface area (Å²) in [6.07, 6.45) is -0.975. The molecule has 0 radical (unpaired) electrons. The molecule has 2 rings (SSSR count). The molecule has 0 bridgehead atoms. The highest BCUT2D eigenvalue weighted by Crippen LogP contribution is 2.13. The van der Waals surface area contributed by atoms with Crippen molar-refractivity contribution in [2.24, 2.45) is 0 Å². The van der Waals surface area contributed by atoms with Crippen LogP contribution < -0.4 is 5.32 Å². The van der Waals surface area contributed by atoms with Crippen molar-refractivity contribution in [3.63, 3.8) is 0 Å². The third-order valence-corrected chi connectivity index (χ3v) is 5.02. The third kappa shape index (κ3) is 11.6. The SMILES string of the molecule is CCOC(=O)CN(Cc1ccccc1)C(=O)[C@H](CCC(=O)OCc1ccccc1)NC(=O)OC(C)(C)C. The Morgan fingerprint density at radius 3 is 2.03 bits per heavy atom. The van der Waals surface area contributed by atoms with E-state index < -0.39 is 35.6 Å². The van der Waals surface area contributed by atoms with Gasteiger partial charge in [0.1, 0.15) is 24.8 Å². The van der Waals surface area contributed by atoms with Gasteiger partial charge in [-0.2, -0.15) is 0 Å². The number of carbonyl (C=O) groups excluding carboxylic acids is 4. The van der Waals surface area contributed by atoms with Crippen LogP contribution >= 0.6 is 0 Å². The Kier molecular flexibility index (Phi) is 11.6. The minimum Gasteiger partial charge on any atom is -0.465 e. The third-order valence-electron chi connectivity index (χ3n) is 5.02. The van der Waals surface area contributed by atoms with Crippen LogP contribution in [0.2, 0.25) is 0 Å². The van der Waals surface area contributed by atoms with Crippen LogP contribution in [0.1, 0.15) is 51.7 Å². The number of nitrogens with zero attached hydrogens (tertiary/aromatic N) is 1. The summed E-state index contributed by atoms with van der Waals surface area (Å²) < 4.78 is 15.7. The molecule has 0 saturated heterocycles. The Balaban J connectivity index is 2.16. The molecule has 1 atom stereocenters. The van der Waals surface area contributed by atoms with Gasteiger partial charge in [-0.15, -0.1) is 0 Å². The molecule has 0 aliphatic carbocycles. The van der Waals surface area contributed by atoms with E-state index in [0.717, 1.165) is 11.1 Å². The molecule has 1 N–H and O–H groups in total. The molecule has 0 aromatic heterocycles. The van der Waals surface area contributed by atoms with E-state index in [9.17, 15) is 19.2 Å². The van der Waals surface area contributed by atoms with Crippen LogP contribution in [0, 0.1) is 0 Å². The normalized spacial score (nSPS) is 11.7. The lowest BCUT2D eigenvalue weighted by Gasteiger charge is -2.28. The van der Waals surface area contributed by atoms with Gasteiger partial charge in [0.05, 0.1) is 6.61 Å². The number of ether oxygens (including phenoxy) is 3. The maximum absolute atomic E-state index is 13.6. The van der Waals surface area contributed by atoms with Crippen LogP contribution in [0.5, 0.6) is 0 Å². The number of carbonyl (C=O) groups is 4. The maximum Gasteiger partial charge on any atom is 0.408 e. The van der Waals surface area contributed by atoms with Gasteiger partial charge >= 0.3 is 18.0 Å². The second-order valence-electron chi connectivity index (χ2n) is 9.37. The topological polar surface area (TPSA) is 111 Å². The minimum absolute atomic E-state index is 0.0419. The van der Waals surface area contributed by atoms with Gasteiger partial charge in [0.2, 0.25) is 5.91 Å². The molecule has 0 spiro atoms. The molecule has 9 heteroatoms. The maximum atomic E-state index is 13.6. The summed E-state index contributed by atoms with van der Waals surface area (Å²) in [6, 6.07) is 17.2. The molecule has 0 unspecified atom stereocenters. The number of amides is 2. The van der Waals surface area contributed by atoms with Crippen molar-refractivity contribution in [2.45, 2.75) is 65.3 Å². The average molecular weight is 513 g/mol. The van der Waals surface area contributed by atoms with Crippen LogP contribution in [-0.2, 0) is 41.7 Å². The van der Waals surface area contributed by atoms with Crippen molar-refractivity contribution in [3.8, 4) is 0 Å². The average Bonchev–Trinajstić information content (AvgIpc) is 2.84. The molecule has 0 aliphatic heterocycles. The molecule has 2 aromatic carbocycles. The molecular weight excluding hydrogens is 476 g/mol. The number of rotatable bonds is 12. The van der Waals surface area contributed by atoms with Crippen LogP contribution in [-0.4, -0.2) is 53.6 Å². The molecular formula is C28H36N2O7. The summed E-state index contributed by atoms with van der Waals surface area (Å²) in [7, 11) is 0. The fourth-order valence-corrected chi connectivity index (χ4v) is 3.38. The number of benzene rings is 2. The number of nitrogens with one attached hydrogen (secondary N) is 1. The first-order valence-electron chi connectivity index (χ1n) is 12.2. The zero-order chi connectivity index (χ0) is 27.3. The van der Waals surface area contributed by atoms with E-state index in [4.69, 9.17) is 14.2 Å². The molecule has 2 aromatic rings. The number of esters is 2. The van der Waals surface area contributed by atoms with Crippen molar-refractivity contribution < 1.29 is 33.4 Å². The zero-order valence-corrected chi connectivity index (χ0v) is 21.9. The van der Waals surface area contributed by atoms with Crippen LogP contribution in [0.4, 0.5) is 4.79 Å². The lowest BCUT2D eigenvalue weighted by Crippen LogP contribution is -2.51.